The molecule has 16 heavy (non-hydrogen) atoms. The van der Waals surface area contributed by atoms with Gasteiger partial charge < -0.3 is 15.0 Å². The van der Waals surface area contributed by atoms with Gasteiger partial charge in [0.25, 0.3) is 5.56 Å². The van der Waals surface area contributed by atoms with Gasteiger partial charge in [-0.2, -0.15) is 0 Å². The van der Waals surface area contributed by atoms with Crippen LogP contribution in [0.3, 0.4) is 0 Å². The topological polar surface area (TPSA) is 73.3 Å². The Morgan fingerprint density at radius 2 is 2.06 bits per heavy atom. The third-order valence-corrected chi connectivity index (χ3v) is 2.48. The van der Waals surface area contributed by atoms with Crippen LogP contribution < -0.4 is 11.0 Å². The highest BCUT2D eigenvalue weighted by Crippen LogP contribution is 2.15. The summed E-state index contributed by atoms with van der Waals surface area (Å²) in [6.45, 7) is 1.70. The highest BCUT2D eigenvalue weighted by molar-refractivity contribution is 6.58. The zero-order valence-corrected chi connectivity index (χ0v) is 8.49. The quantitative estimate of drug-likeness (QED) is 0.576. The summed E-state index contributed by atoms with van der Waals surface area (Å²) < 4.78 is 13.6. The van der Waals surface area contributed by atoms with Crippen molar-refractivity contribution in [2.45, 2.75) is 6.92 Å². The molecule has 0 fully saturated rings. The van der Waals surface area contributed by atoms with E-state index in [1.54, 1.807) is 6.92 Å². The SMILES string of the molecule is Cc1c[nH]c(=O)c2c(F)cc(B(O)O)cc12. The first kappa shape index (κ1) is 10.8. The van der Waals surface area contributed by atoms with Crippen LogP contribution in [0.25, 0.3) is 10.8 Å². The van der Waals surface area contributed by atoms with Crippen LogP contribution in [-0.2, 0) is 0 Å². The van der Waals surface area contributed by atoms with Crippen LogP contribution in [0.4, 0.5) is 4.39 Å². The van der Waals surface area contributed by atoms with Gasteiger partial charge in [0, 0.05) is 6.20 Å². The van der Waals surface area contributed by atoms with E-state index in [9.17, 15) is 9.18 Å². The maximum atomic E-state index is 13.6. The molecule has 0 radical (unpaired) electrons. The number of hydrogen-bond donors (Lipinski definition) is 3. The molecule has 2 aromatic rings. The summed E-state index contributed by atoms with van der Waals surface area (Å²) in [5.74, 6) is -0.759. The van der Waals surface area contributed by atoms with Crippen molar-refractivity contribution in [1.82, 2.24) is 4.98 Å². The largest absolute Gasteiger partial charge is 0.488 e. The van der Waals surface area contributed by atoms with Crippen molar-refractivity contribution < 1.29 is 14.4 Å². The van der Waals surface area contributed by atoms with Gasteiger partial charge in [-0.1, -0.05) is 6.07 Å². The molecule has 0 aliphatic rings. The molecule has 6 heteroatoms. The molecule has 2 rings (SSSR count). The number of rotatable bonds is 1. The Kier molecular flexibility index (Phi) is 2.53. The molecule has 0 bridgehead atoms. The van der Waals surface area contributed by atoms with E-state index in [-0.39, 0.29) is 10.8 Å². The smallest absolute Gasteiger partial charge is 0.423 e. The zero-order chi connectivity index (χ0) is 11.9. The van der Waals surface area contributed by atoms with Gasteiger partial charge in [0.2, 0.25) is 0 Å². The van der Waals surface area contributed by atoms with Crippen LogP contribution >= 0.6 is 0 Å². The molecule has 1 heterocycles. The van der Waals surface area contributed by atoms with E-state index >= 15 is 0 Å². The predicted octanol–water partition coefficient (Wildman–Crippen LogP) is -0.345. The Hall–Kier alpha value is -1.66. The fraction of sp³-hybridized carbons (Fsp3) is 0.100. The summed E-state index contributed by atoms with van der Waals surface area (Å²) in [6, 6.07) is 2.34. The highest BCUT2D eigenvalue weighted by Gasteiger charge is 2.16. The van der Waals surface area contributed by atoms with Crippen LogP contribution in [-0.4, -0.2) is 22.2 Å². The molecule has 0 atom stereocenters. The molecule has 0 saturated heterocycles. The molecular formula is C10H9BFNO3. The average molecular weight is 221 g/mol. The van der Waals surface area contributed by atoms with Gasteiger partial charge in [-0.15, -0.1) is 0 Å². The number of aromatic nitrogens is 1. The fourth-order valence-electron chi connectivity index (χ4n) is 1.64. The Bertz CT molecular complexity index is 609. The third-order valence-electron chi connectivity index (χ3n) is 2.48. The molecule has 1 aromatic heterocycles. The van der Waals surface area contributed by atoms with Gasteiger partial charge >= 0.3 is 7.12 Å². The summed E-state index contributed by atoms with van der Waals surface area (Å²) in [6.07, 6.45) is 1.46. The average Bonchev–Trinajstić information content (AvgIpc) is 2.22. The highest BCUT2D eigenvalue weighted by atomic mass is 19.1. The molecule has 0 unspecified atom stereocenters. The number of pyridine rings is 1. The summed E-state index contributed by atoms with van der Waals surface area (Å²) in [5, 5.41) is 18.3. The fourth-order valence-corrected chi connectivity index (χ4v) is 1.64. The minimum absolute atomic E-state index is 0.0266. The number of H-pyrrole nitrogens is 1. The van der Waals surface area contributed by atoms with Crippen LogP contribution in [0, 0.1) is 12.7 Å². The van der Waals surface area contributed by atoms with Crippen molar-refractivity contribution in [2.75, 3.05) is 0 Å². The van der Waals surface area contributed by atoms with E-state index in [1.807, 2.05) is 0 Å². The van der Waals surface area contributed by atoms with E-state index < -0.39 is 18.5 Å². The Labute approximate surface area is 90.5 Å². The number of aromatic amines is 1. The lowest BCUT2D eigenvalue weighted by Crippen LogP contribution is -2.30. The third kappa shape index (κ3) is 1.62. The lowest BCUT2D eigenvalue weighted by atomic mass is 9.79. The van der Waals surface area contributed by atoms with E-state index in [0.29, 0.717) is 10.9 Å². The number of nitrogens with one attached hydrogen (secondary N) is 1. The molecule has 0 amide bonds. The second-order valence-electron chi connectivity index (χ2n) is 3.60. The van der Waals surface area contributed by atoms with E-state index in [1.165, 1.54) is 12.3 Å². The van der Waals surface area contributed by atoms with Crippen LogP contribution in [0.5, 0.6) is 0 Å². The Morgan fingerprint density at radius 1 is 1.38 bits per heavy atom. The maximum Gasteiger partial charge on any atom is 0.488 e. The van der Waals surface area contributed by atoms with Crippen molar-refractivity contribution in [3.63, 3.8) is 0 Å². The second kappa shape index (κ2) is 3.73. The van der Waals surface area contributed by atoms with Gasteiger partial charge in [0.15, 0.2) is 0 Å². The van der Waals surface area contributed by atoms with E-state index in [2.05, 4.69) is 4.98 Å². The number of fused-ring (bicyclic) bond motifs is 1. The number of halogens is 1. The Morgan fingerprint density at radius 3 is 2.69 bits per heavy atom. The van der Waals surface area contributed by atoms with Crippen molar-refractivity contribution in [1.29, 1.82) is 0 Å². The molecule has 0 aliphatic heterocycles. The molecular weight excluding hydrogens is 212 g/mol. The first-order valence-electron chi connectivity index (χ1n) is 4.68. The molecule has 0 spiro atoms. The number of aryl methyl sites for hydroxylation is 1. The van der Waals surface area contributed by atoms with Crippen molar-refractivity contribution >= 4 is 23.4 Å². The number of hydrogen-bond acceptors (Lipinski definition) is 3. The van der Waals surface area contributed by atoms with Crippen molar-refractivity contribution in [2.24, 2.45) is 0 Å². The molecule has 1 aromatic carbocycles. The van der Waals surface area contributed by atoms with Crippen LogP contribution in [0.15, 0.2) is 23.1 Å². The van der Waals surface area contributed by atoms with Gasteiger partial charge in [-0.05, 0) is 29.4 Å². The molecule has 0 saturated carbocycles. The van der Waals surface area contributed by atoms with Crippen molar-refractivity contribution in [3.05, 3.63) is 40.1 Å². The molecule has 0 aliphatic carbocycles. The van der Waals surface area contributed by atoms with Crippen molar-refractivity contribution in [3.8, 4) is 0 Å². The van der Waals surface area contributed by atoms with E-state index in [4.69, 9.17) is 10.0 Å². The minimum atomic E-state index is -1.75. The summed E-state index contributed by atoms with van der Waals surface area (Å²) in [5.41, 5.74) is 0.159. The predicted molar refractivity (Wildman–Crippen MR) is 59.1 cm³/mol. The maximum absolute atomic E-state index is 13.6. The summed E-state index contributed by atoms with van der Waals surface area (Å²) in [7, 11) is -1.75. The van der Waals surface area contributed by atoms with Gasteiger partial charge in [-0.3, -0.25) is 4.79 Å². The van der Waals surface area contributed by atoms with Gasteiger partial charge in [0.05, 0.1) is 5.39 Å². The number of benzene rings is 1. The van der Waals surface area contributed by atoms with Crippen LogP contribution in [0.1, 0.15) is 5.56 Å². The molecule has 4 nitrogen and oxygen atoms in total. The normalized spacial score (nSPS) is 10.8. The standard InChI is InChI=1S/C10H9BFNO3/c1-5-4-13-10(14)9-7(5)2-6(11(15)16)3-8(9)12/h2-4,15-16H,1H3,(H,13,14). The zero-order valence-electron chi connectivity index (χ0n) is 8.49. The molecule has 3 N–H and O–H groups in total. The first-order chi connectivity index (χ1) is 7.50. The first-order valence-corrected chi connectivity index (χ1v) is 4.68. The summed E-state index contributed by atoms with van der Waals surface area (Å²) >= 11 is 0. The minimum Gasteiger partial charge on any atom is -0.423 e. The summed E-state index contributed by atoms with van der Waals surface area (Å²) in [4.78, 5) is 13.8. The van der Waals surface area contributed by atoms with Gasteiger partial charge in [0.1, 0.15) is 5.82 Å². The molecule has 82 valence electrons. The monoisotopic (exact) mass is 221 g/mol. The second-order valence-corrected chi connectivity index (χ2v) is 3.60. The lowest BCUT2D eigenvalue weighted by molar-refractivity contribution is 0.425. The Balaban J connectivity index is 2.92. The van der Waals surface area contributed by atoms with Gasteiger partial charge in [-0.25, -0.2) is 4.39 Å². The van der Waals surface area contributed by atoms with Crippen LogP contribution in [0.2, 0.25) is 0 Å². The lowest BCUT2D eigenvalue weighted by Gasteiger charge is -2.05. The van der Waals surface area contributed by atoms with E-state index in [0.717, 1.165) is 6.07 Å².